The number of hydrogen-bond donors (Lipinski definition) is 3. The lowest BCUT2D eigenvalue weighted by Crippen LogP contribution is -2.70. The maximum Gasteiger partial charge on any atom is 0.290 e. The fourth-order valence-electron chi connectivity index (χ4n) is 2.47. The number of aliphatic hydroxyl groups is 3. The van der Waals surface area contributed by atoms with E-state index in [2.05, 4.69) is 0 Å². The van der Waals surface area contributed by atoms with Crippen molar-refractivity contribution in [2.75, 3.05) is 6.61 Å². The van der Waals surface area contributed by atoms with E-state index < -0.39 is 41.3 Å². The molecule has 0 radical (unpaired) electrons. The second kappa shape index (κ2) is 6.29. The van der Waals surface area contributed by atoms with Crippen molar-refractivity contribution in [3.63, 3.8) is 0 Å². The van der Waals surface area contributed by atoms with Gasteiger partial charge in [-0.05, 0) is 6.42 Å². The average Bonchev–Trinajstić information content (AvgIpc) is 2.55. The summed E-state index contributed by atoms with van der Waals surface area (Å²) in [4.78, 5) is 36.8. The van der Waals surface area contributed by atoms with Gasteiger partial charge >= 0.3 is 0 Å². The molecule has 1 saturated carbocycles. The molecule has 23 heavy (non-hydrogen) atoms. The summed E-state index contributed by atoms with van der Waals surface area (Å²) < 4.78 is 4.83. The number of ketones is 3. The molecule has 2 rings (SSSR count). The summed E-state index contributed by atoms with van der Waals surface area (Å²) in [6.07, 6.45) is -0.276. The van der Waals surface area contributed by atoms with E-state index in [1.807, 2.05) is 0 Å². The highest BCUT2D eigenvalue weighted by atomic mass is 16.7. The Bertz CT molecular complexity index is 623. The number of ether oxygens (including phenoxy) is 1. The molecule has 0 aliphatic heterocycles. The Kier molecular flexibility index (Phi) is 4.76. The number of carbonyl (C=O) groups excluding carboxylic acids is 3. The Labute approximate surface area is 132 Å². The molecule has 0 amide bonds. The molecule has 2 unspecified atom stereocenters. The van der Waals surface area contributed by atoms with Crippen LogP contribution in [0.2, 0.25) is 0 Å². The van der Waals surface area contributed by atoms with Gasteiger partial charge in [0, 0.05) is 12.0 Å². The minimum Gasteiger partial charge on any atom is -0.355 e. The first-order chi connectivity index (χ1) is 10.8. The number of Topliss-reactive ketones (excluding diaryl/α,β-unsaturated/α-hetero) is 3. The van der Waals surface area contributed by atoms with Gasteiger partial charge in [-0.1, -0.05) is 37.3 Å². The highest BCUT2D eigenvalue weighted by Gasteiger charge is 2.66. The maximum atomic E-state index is 12.4. The van der Waals surface area contributed by atoms with Crippen LogP contribution in [0.3, 0.4) is 0 Å². The lowest BCUT2D eigenvalue weighted by Gasteiger charge is -2.41. The summed E-state index contributed by atoms with van der Waals surface area (Å²) in [5, 5.41) is 30.1. The number of benzene rings is 1. The molecule has 0 aromatic heterocycles. The van der Waals surface area contributed by atoms with E-state index in [9.17, 15) is 29.7 Å². The molecule has 0 saturated heterocycles. The van der Waals surface area contributed by atoms with E-state index >= 15 is 0 Å². The van der Waals surface area contributed by atoms with Gasteiger partial charge < -0.3 is 20.1 Å². The molecule has 1 aliphatic rings. The Hall–Kier alpha value is -1.93. The smallest absolute Gasteiger partial charge is 0.290 e. The summed E-state index contributed by atoms with van der Waals surface area (Å²) in [7, 11) is 0. The average molecular weight is 322 g/mol. The van der Waals surface area contributed by atoms with Crippen molar-refractivity contribution in [1.29, 1.82) is 0 Å². The van der Waals surface area contributed by atoms with Crippen molar-refractivity contribution in [1.82, 2.24) is 0 Å². The third kappa shape index (κ3) is 2.84. The minimum absolute atomic E-state index is 0.157. The maximum absolute atomic E-state index is 12.4. The third-order valence-electron chi connectivity index (χ3n) is 3.79. The zero-order valence-corrected chi connectivity index (χ0v) is 12.6. The fourth-order valence-corrected chi connectivity index (χ4v) is 2.47. The van der Waals surface area contributed by atoms with Crippen LogP contribution in [0.15, 0.2) is 30.3 Å². The van der Waals surface area contributed by atoms with Crippen LogP contribution in [0, 0.1) is 5.92 Å². The van der Waals surface area contributed by atoms with Gasteiger partial charge in [0.25, 0.3) is 11.6 Å². The molecule has 1 aromatic rings. The number of hydrogen-bond acceptors (Lipinski definition) is 7. The first-order valence-electron chi connectivity index (χ1n) is 7.23. The van der Waals surface area contributed by atoms with Crippen molar-refractivity contribution >= 4 is 17.3 Å². The normalized spacial score (nSPS) is 27.0. The Morgan fingerprint density at radius 2 is 1.83 bits per heavy atom. The molecule has 0 spiro atoms. The van der Waals surface area contributed by atoms with E-state index in [0.717, 1.165) is 0 Å². The van der Waals surface area contributed by atoms with Gasteiger partial charge in [-0.2, -0.15) is 0 Å². The molecular weight excluding hydrogens is 304 g/mol. The van der Waals surface area contributed by atoms with E-state index in [0.29, 0.717) is 6.42 Å². The standard InChI is InChI=1S/C16H18O7/c1-2-8-23-16(22)12(17)9-11(14(19)15(16,20)21)13(18)10-6-4-3-5-7-10/h3-7,11,20-22H,2,8-9H2,1H3. The lowest BCUT2D eigenvalue weighted by atomic mass is 9.75. The Morgan fingerprint density at radius 3 is 2.39 bits per heavy atom. The summed E-state index contributed by atoms with van der Waals surface area (Å²) in [6, 6.07) is 7.72. The van der Waals surface area contributed by atoms with Crippen LogP contribution < -0.4 is 0 Å². The van der Waals surface area contributed by atoms with Crippen molar-refractivity contribution in [2.45, 2.75) is 31.3 Å². The largest absolute Gasteiger partial charge is 0.355 e. The van der Waals surface area contributed by atoms with Crippen molar-refractivity contribution in [3.8, 4) is 0 Å². The predicted octanol–water partition coefficient (Wildman–Crippen LogP) is -0.177. The van der Waals surface area contributed by atoms with Crippen LogP contribution in [-0.2, 0) is 14.3 Å². The van der Waals surface area contributed by atoms with Crippen LogP contribution in [0.5, 0.6) is 0 Å². The van der Waals surface area contributed by atoms with Gasteiger partial charge in [0.15, 0.2) is 11.6 Å². The number of rotatable bonds is 5. The summed E-state index contributed by atoms with van der Waals surface area (Å²) in [6.45, 7) is 1.52. The second-order valence-corrected chi connectivity index (χ2v) is 5.44. The van der Waals surface area contributed by atoms with E-state index in [1.165, 1.54) is 12.1 Å². The molecule has 7 heteroatoms. The molecular formula is C16H18O7. The van der Waals surface area contributed by atoms with Crippen LogP contribution in [0.1, 0.15) is 30.1 Å². The number of carbonyl (C=O) groups is 3. The lowest BCUT2D eigenvalue weighted by molar-refractivity contribution is -0.338. The minimum atomic E-state index is -3.48. The zero-order valence-electron chi connectivity index (χ0n) is 12.6. The van der Waals surface area contributed by atoms with E-state index in [4.69, 9.17) is 4.74 Å². The SMILES string of the molecule is CCCOC1(O)C(=O)CC(C(=O)c2ccccc2)C(=O)C1(O)O. The molecule has 124 valence electrons. The Balaban J connectivity index is 2.34. The highest BCUT2D eigenvalue weighted by Crippen LogP contribution is 2.36. The van der Waals surface area contributed by atoms with Crippen LogP contribution >= 0.6 is 0 Å². The first kappa shape index (κ1) is 17.4. The molecule has 0 heterocycles. The molecule has 1 aromatic carbocycles. The van der Waals surface area contributed by atoms with E-state index in [1.54, 1.807) is 25.1 Å². The van der Waals surface area contributed by atoms with Gasteiger partial charge in [0.2, 0.25) is 5.78 Å². The molecule has 1 fully saturated rings. The van der Waals surface area contributed by atoms with Crippen molar-refractivity contribution in [3.05, 3.63) is 35.9 Å². The molecule has 0 bridgehead atoms. The Morgan fingerprint density at radius 1 is 1.22 bits per heavy atom. The molecule has 1 aliphatic carbocycles. The molecule has 3 N–H and O–H groups in total. The monoisotopic (exact) mass is 322 g/mol. The highest BCUT2D eigenvalue weighted by molar-refractivity contribution is 6.18. The van der Waals surface area contributed by atoms with Gasteiger partial charge in [-0.3, -0.25) is 14.4 Å². The van der Waals surface area contributed by atoms with Gasteiger partial charge in [-0.25, -0.2) is 0 Å². The summed E-state index contributed by atoms with van der Waals surface area (Å²) >= 11 is 0. The fraction of sp³-hybridized carbons (Fsp3) is 0.438. The molecule has 7 nitrogen and oxygen atoms in total. The first-order valence-corrected chi connectivity index (χ1v) is 7.23. The quantitative estimate of drug-likeness (QED) is 0.391. The topological polar surface area (TPSA) is 121 Å². The van der Waals surface area contributed by atoms with E-state index in [-0.39, 0.29) is 12.2 Å². The van der Waals surface area contributed by atoms with Gasteiger partial charge in [-0.15, -0.1) is 0 Å². The van der Waals surface area contributed by atoms with Gasteiger partial charge in [0.05, 0.1) is 12.5 Å². The summed E-state index contributed by atoms with van der Waals surface area (Å²) in [5.41, 5.74) is 0.161. The van der Waals surface area contributed by atoms with Crippen LogP contribution in [0.25, 0.3) is 0 Å². The molecule has 2 atom stereocenters. The van der Waals surface area contributed by atoms with Crippen molar-refractivity contribution < 1.29 is 34.4 Å². The van der Waals surface area contributed by atoms with Gasteiger partial charge in [0.1, 0.15) is 0 Å². The van der Waals surface area contributed by atoms with Crippen LogP contribution in [-0.4, -0.2) is 50.9 Å². The second-order valence-electron chi connectivity index (χ2n) is 5.44. The van der Waals surface area contributed by atoms with Crippen molar-refractivity contribution in [2.24, 2.45) is 5.92 Å². The predicted molar refractivity (Wildman–Crippen MR) is 77.3 cm³/mol. The van der Waals surface area contributed by atoms with Crippen LogP contribution in [0.4, 0.5) is 0 Å². The zero-order chi connectivity index (χ0) is 17.3. The summed E-state index contributed by atoms with van der Waals surface area (Å²) in [5.74, 6) is -11.3. The third-order valence-corrected chi connectivity index (χ3v) is 3.79.